The zero-order chi connectivity index (χ0) is 22.0. The van der Waals surface area contributed by atoms with E-state index in [0.29, 0.717) is 30.5 Å². The molecule has 10 heteroatoms. The van der Waals surface area contributed by atoms with E-state index in [2.05, 4.69) is 20.3 Å². The summed E-state index contributed by atoms with van der Waals surface area (Å²) in [6, 6.07) is 13.2. The molecule has 0 saturated carbocycles. The van der Waals surface area contributed by atoms with Gasteiger partial charge in [0, 0.05) is 12.6 Å². The molecule has 0 aliphatic rings. The van der Waals surface area contributed by atoms with Gasteiger partial charge in [0.1, 0.15) is 17.7 Å². The van der Waals surface area contributed by atoms with Gasteiger partial charge in [0.25, 0.3) is 0 Å². The zero-order valence-electron chi connectivity index (χ0n) is 17.9. The molecule has 1 unspecified atom stereocenters. The molecular weight excluding hydrogens is 534 g/mol. The van der Waals surface area contributed by atoms with Gasteiger partial charge in [0.05, 0.1) is 25.0 Å². The third-order valence-electron chi connectivity index (χ3n) is 4.12. The maximum absolute atomic E-state index is 13.4. The Hall–Kier alpha value is -2.08. The number of nitrogens with one attached hydrogen (secondary N) is 3. The molecule has 172 valence electrons. The number of ether oxygens (including phenoxy) is 1. The van der Waals surface area contributed by atoms with Crippen LogP contribution in [0.4, 0.5) is 10.1 Å². The third-order valence-corrected chi connectivity index (χ3v) is 4.71. The molecule has 0 fully saturated rings. The molecule has 3 N–H and O–H groups in total. The molecule has 2 aromatic carbocycles. The molecule has 0 heterocycles. The average Bonchev–Trinajstić information content (AvgIpc) is 2.69. The second kappa shape index (κ2) is 13.4. The summed E-state index contributed by atoms with van der Waals surface area (Å²) in [5.41, 5.74) is 1.25. The highest BCUT2D eigenvalue weighted by Crippen LogP contribution is 2.17. The maximum Gasteiger partial charge on any atom is 0.229 e. The Balaban J connectivity index is 0.00000480. The molecule has 0 bridgehead atoms. The van der Waals surface area contributed by atoms with Crippen LogP contribution in [0.15, 0.2) is 53.5 Å². The lowest BCUT2D eigenvalue weighted by Crippen LogP contribution is -2.42. The van der Waals surface area contributed by atoms with Gasteiger partial charge in [0.15, 0.2) is 5.96 Å². The Bertz CT molecular complexity index is 957. The summed E-state index contributed by atoms with van der Waals surface area (Å²) in [5.74, 6) is 0.714. The van der Waals surface area contributed by atoms with Crippen LogP contribution in [0.2, 0.25) is 0 Å². The lowest BCUT2D eigenvalue weighted by atomic mass is 10.2. The molecule has 1 atom stereocenters. The van der Waals surface area contributed by atoms with Crippen LogP contribution in [0, 0.1) is 5.82 Å². The maximum atomic E-state index is 13.4. The monoisotopic (exact) mass is 564 g/mol. The fraction of sp³-hybridized carbons (Fsp3) is 0.381. The Labute approximate surface area is 201 Å². The minimum Gasteiger partial charge on any atom is -0.489 e. The van der Waals surface area contributed by atoms with Gasteiger partial charge in [-0.1, -0.05) is 31.2 Å². The average molecular weight is 564 g/mol. The zero-order valence-corrected chi connectivity index (χ0v) is 21.0. The number of sulfonamides is 1. The summed E-state index contributed by atoms with van der Waals surface area (Å²) < 4.78 is 44.9. The molecule has 2 rings (SSSR count). The van der Waals surface area contributed by atoms with Crippen LogP contribution in [-0.2, 0) is 16.6 Å². The van der Waals surface area contributed by atoms with E-state index in [1.165, 1.54) is 12.1 Å². The first-order valence-electron chi connectivity index (χ1n) is 9.80. The van der Waals surface area contributed by atoms with Gasteiger partial charge in [-0.15, -0.1) is 24.0 Å². The smallest absolute Gasteiger partial charge is 0.229 e. The Morgan fingerprint density at radius 2 is 1.87 bits per heavy atom. The Morgan fingerprint density at radius 1 is 1.13 bits per heavy atom. The van der Waals surface area contributed by atoms with Gasteiger partial charge in [-0.25, -0.2) is 17.8 Å². The summed E-state index contributed by atoms with van der Waals surface area (Å²) in [4.78, 5) is 4.55. The van der Waals surface area contributed by atoms with Crippen molar-refractivity contribution >= 4 is 45.6 Å². The second-order valence-corrected chi connectivity index (χ2v) is 8.46. The summed E-state index contributed by atoms with van der Waals surface area (Å²) in [7, 11) is -3.38. The fourth-order valence-corrected chi connectivity index (χ4v) is 3.27. The highest BCUT2D eigenvalue weighted by Gasteiger charge is 2.11. The van der Waals surface area contributed by atoms with Crippen LogP contribution in [0.1, 0.15) is 25.8 Å². The molecular formula is C21H30FIN4O3S. The number of guanidine groups is 1. The summed E-state index contributed by atoms with van der Waals surface area (Å²) in [6.45, 7) is 5.37. The predicted molar refractivity (Wildman–Crippen MR) is 134 cm³/mol. The van der Waals surface area contributed by atoms with Gasteiger partial charge in [-0.3, -0.25) is 4.72 Å². The van der Waals surface area contributed by atoms with E-state index < -0.39 is 10.0 Å². The van der Waals surface area contributed by atoms with E-state index >= 15 is 0 Å². The third kappa shape index (κ3) is 10.2. The molecule has 0 aliphatic heterocycles. The highest BCUT2D eigenvalue weighted by atomic mass is 127. The largest absolute Gasteiger partial charge is 0.489 e. The molecule has 0 aromatic heterocycles. The van der Waals surface area contributed by atoms with Crippen molar-refractivity contribution in [3.8, 4) is 5.75 Å². The number of halogens is 2. The summed E-state index contributed by atoms with van der Waals surface area (Å²) in [6.07, 6.45) is 1.67. The number of hydrogen-bond acceptors (Lipinski definition) is 4. The van der Waals surface area contributed by atoms with E-state index in [1.807, 2.05) is 26.0 Å². The Morgan fingerprint density at radius 3 is 2.52 bits per heavy atom. The number of hydrogen-bond donors (Lipinski definition) is 3. The minimum absolute atomic E-state index is 0. The quantitative estimate of drug-likeness (QED) is 0.233. The standard InChI is InChI=1S/C21H29FN4O3S.HI/c1-4-18(29-19-11-8-10-17(22)13-19)15-25-21(23-5-2)24-14-16-9-6-7-12-20(16)26-30(3,27)28;/h6-13,18,26H,4-5,14-15H2,1-3H3,(H2,23,24,25);1H. The van der Waals surface area contributed by atoms with Gasteiger partial charge in [-0.2, -0.15) is 0 Å². The molecule has 0 saturated heterocycles. The van der Waals surface area contributed by atoms with Crippen LogP contribution in [0.25, 0.3) is 0 Å². The summed E-state index contributed by atoms with van der Waals surface area (Å²) in [5, 5.41) is 6.38. The number of rotatable bonds is 10. The predicted octanol–water partition coefficient (Wildman–Crippen LogP) is 3.73. The first-order chi connectivity index (χ1) is 14.3. The van der Waals surface area contributed by atoms with E-state index in [-0.39, 0.29) is 42.4 Å². The number of para-hydroxylation sites is 1. The molecule has 0 aliphatic carbocycles. The normalized spacial score (nSPS) is 12.5. The van der Waals surface area contributed by atoms with E-state index in [1.54, 1.807) is 24.3 Å². The molecule has 0 spiro atoms. The number of nitrogens with zero attached hydrogens (tertiary/aromatic N) is 1. The van der Waals surface area contributed by atoms with Crippen molar-refractivity contribution in [3.05, 3.63) is 59.9 Å². The van der Waals surface area contributed by atoms with E-state index in [9.17, 15) is 12.8 Å². The van der Waals surface area contributed by atoms with Gasteiger partial charge in [-0.05, 0) is 37.1 Å². The van der Waals surface area contributed by atoms with E-state index in [0.717, 1.165) is 18.2 Å². The molecule has 0 radical (unpaired) electrons. The lowest BCUT2D eigenvalue weighted by Gasteiger charge is -2.20. The van der Waals surface area contributed by atoms with Crippen molar-refractivity contribution in [1.82, 2.24) is 10.6 Å². The molecule has 7 nitrogen and oxygen atoms in total. The van der Waals surface area contributed by atoms with Crippen LogP contribution in [0.3, 0.4) is 0 Å². The van der Waals surface area contributed by atoms with Gasteiger partial charge < -0.3 is 15.4 Å². The van der Waals surface area contributed by atoms with Crippen LogP contribution < -0.4 is 20.1 Å². The number of anilines is 1. The molecule has 31 heavy (non-hydrogen) atoms. The van der Waals surface area contributed by atoms with Crippen molar-refractivity contribution in [3.63, 3.8) is 0 Å². The van der Waals surface area contributed by atoms with Crippen LogP contribution in [-0.4, -0.2) is 39.8 Å². The van der Waals surface area contributed by atoms with Crippen molar-refractivity contribution in [1.29, 1.82) is 0 Å². The molecule has 2 aromatic rings. The number of benzene rings is 2. The Kier molecular flexibility index (Phi) is 11.6. The second-order valence-electron chi connectivity index (χ2n) is 6.71. The van der Waals surface area contributed by atoms with Gasteiger partial charge in [0.2, 0.25) is 10.0 Å². The highest BCUT2D eigenvalue weighted by molar-refractivity contribution is 14.0. The van der Waals surface area contributed by atoms with E-state index in [4.69, 9.17) is 4.74 Å². The van der Waals surface area contributed by atoms with Gasteiger partial charge >= 0.3 is 0 Å². The molecule has 0 amide bonds. The number of aliphatic imine (C=N–C) groups is 1. The first-order valence-corrected chi connectivity index (χ1v) is 11.7. The fourth-order valence-electron chi connectivity index (χ4n) is 2.68. The first kappa shape index (κ1) is 27.0. The van der Waals surface area contributed by atoms with Crippen LogP contribution >= 0.6 is 24.0 Å². The van der Waals surface area contributed by atoms with Crippen molar-refractivity contribution < 1.29 is 17.5 Å². The van der Waals surface area contributed by atoms with Crippen molar-refractivity contribution in [2.75, 3.05) is 24.1 Å². The van der Waals surface area contributed by atoms with Crippen LogP contribution in [0.5, 0.6) is 5.75 Å². The summed E-state index contributed by atoms with van der Waals surface area (Å²) >= 11 is 0. The lowest BCUT2D eigenvalue weighted by molar-refractivity contribution is 0.198. The topological polar surface area (TPSA) is 91.8 Å². The SMILES string of the molecule is CCNC(=NCc1ccccc1NS(C)(=O)=O)NCC(CC)Oc1cccc(F)c1.I. The van der Waals surface area contributed by atoms with Crippen molar-refractivity contribution in [2.45, 2.75) is 32.9 Å². The van der Waals surface area contributed by atoms with Crippen molar-refractivity contribution in [2.24, 2.45) is 4.99 Å². The minimum atomic E-state index is -3.38.